The Labute approximate surface area is 110 Å². The lowest BCUT2D eigenvalue weighted by atomic mass is 10.3. The average molecular weight is 271 g/mol. The van der Waals surface area contributed by atoms with E-state index in [0.717, 1.165) is 6.42 Å². The second-order valence-corrected chi connectivity index (χ2v) is 3.93. The summed E-state index contributed by atoms with van der Waals surface area (Å²) in [5.74, 6) is 0.297. The molecule has 98 valence electrons. The lowest BCUT2D eigenvalue weighted by Gasteiger charge is -2.08. The fourth-order valence-electron chi connectivity index (χ4n) is 1.27. The van der Waals surface area contributed by atoms with Gasteiger partial charge in [-0.1, -0.05) is 18.5 Å². The monoisotopic (exact) mass is 270 g/mol. The molecule has 0 spiro atoms. The smallest absolute Gasteiger partial charge is 0.221 e. The summed E-state index contributed by atoms with van der Waals surface area (Å²) in [5, 5.41) is 5.73. The third kappa shape index (κ3) is 4.29. The van der Waals surface area contributed by atoms with Crippen LogP contribution in [0, 0.1) is 0 Å². The maximum absolute atomic E-state index is 11.3. The Balaban J connectivity index is 2.46. The second kappa shape index (κ2) is 7.60. The number of rotatable bonds is 7. The highest BCUT2D eigenvalue weighted by molar-refractivity contribution is 6.32. The van der Waals surface area contributed by atoms with Crippen LogP contribution >= 0.6 is 11.6 Å². The van der Waals surface area contributed by atoms with Crippen molar-refractivity contribution in [2.24, 2.45) is 0 Å². The number of carbonyl (C=O) groups is 2. The van der Waals surface area contributed by atoms with Crippen LogP contribution in [-0.2, 0) is 4.79 Å². The van der Waals surface area contributed by atoms with Crippen molar-refractivity contribution in [3.05, 3.63) is 17.0 Å². The minimum atomic E-state index is -0.0443. The second-order valence-electron chi connectivity index (χ2n) is 3.57. The van der Waals surface area contributed by atoms with Crippen LogP contribution in [-0.4, -0.2) is 35.3 Å². The molecule has 0 saturated heterocycles. The molecule has 0 unspecified atom stereocenters. The zero-order valence-corrected chi connectivity index (χ0v) is 10.8. The van der Waals surface area contributed by atoms with Crippen molar-refractivity contribution in [3.8, 4) is 0 Å². The van der Waals surface area contributed by atoms with E-state index in [1.165, 1.54) is 6.33 Å². The molecular weight excluding hydrogens is 256 g/mol. The highest BCUT2D eigenvalue weighted by atomic mass is 35.5. The zero-order valence-electron chi connectivity index (χ0n) is 10.1. The summed E-state index contributed by atoms with van der Waals surface area (Å²) >= 11 is 5.74. The first-order valence-electron chi connectivity index (χ1n) is 5.65. The number of hydrogen-bond acceptors (Lipinski definition) is 5. The summed E-state index contributed by atoms with van der Waals surface area (Å²) in [5.41, 5.74) is 0.202. The Morgan fingerprint density at radius 1 is 1.44 bits per heavy atom. The Morgan fingerprint density at radius 3 is 2.89 bits per heavy atom. The lowest BCUT2D eigenvalue weighted by Crippen LogP contribution is -2.26. The quantitative estimate of drug-likeness (QED) is 0.576. The van der Waals surface area contributed by atoms with Gasteiger partial charge in [-0.15, -0.1) is 0 Å². The molecule has 0 bridgehead atoms. The summed E-state index contributed by atoms with van der Waals surface area (Å²) in [4.78, 5) is 29.7. The van der Waals surface area contributed by atoms with Gasteiger partial charge in [-0.05, 0) is 6.42 Å². The number of aldehydes is 1. The van der Waals surface area contributed by atoms with Crippen molar-refractivity contribution in [2.45, 2.75) is 19.8 Å². The number of nitrogens with one attached hydrogen (secondary N) is 2. The van der Waals surface area contributed by atoms with Gasteiger partial charge in [0.1, 0.15) is 17.3 Å². The third-order valence-corrected chi connectivity index (χ3v) is 2.47. The molecule has 1 aromatic heterocycles. The number of carbonyl (C=O) groups excluding carboxylic acids is 2. The van der Waals surface area contributed by atoms with E-state index in [1.54, 1.807) is 0 Å². The van der Waals surface area contributed by atoms with Crippen molar-refractivity contribution in [2.75, 3.05) is 18.4 Å². The first-order chi connectivity index (χ1) is 8.69. The number of aromatic nitrogens is 2. The fraction of sp³-hybridized carbons (Fsp3) is 0.455. The van der Waals surface area contributed by atoms with Crippen molar-refractivity contribution in [3.63, 3.8) is 0 Å². The van der Waals surface area contributed by atoms with Crippen LogP contribution in [0.3, 0.4) is 0 Å². The number of halogens is 1. The first kappa shape index (κ1) is 14.4. The van der Waals surface area contributed by atoms with Gasteiger partial charge in [0.25, 0.3) is 0 Å². The predicted octanol–water partition coefficient (Wildman–Crippen LogP) is 1.27. The first-order valence-corrected chi connectivity index (χ1v) is 6.03. The van der Waals surface area contributed by atoms with Crippen molar-refractivity contribution >= 4 is 29.6 Å². The molecule has 7 heteroatoms. The Morgan fingerprint density at radius 2 is 2.22 bits per heavy atom. The fourth-order valence-corrected chi connectivity index (χ4v) is 1.44. The van der Waals surface area contributed by atoms with Crippen LogP contribution in [0.25, 0.3) is 0 Å². The molecule has 0 fully saturated rings. The third-order valence-electron chi connectivity index (χ3n) is 2.17. The molecule has 0 aliphatic rings. The van der Waals surface area contributed by atoms with Gasteiger partial charge in [-0.2, -0.15) is 0 Å². The van der Waals surface area contributed by atoms with Gasteiger partial charge < -0.3 is 10.6 Å². The van der Waals surface area contributed by atoms with Crippen molar-refractivity contribution in [1.29, 1.82) is 0 Å². The largest absolute Gasteiger partial charge is 0.369 e. The molecule has 0 radical (unpaired) electrons. The summed E-state index contributed by atoms with van der Waals surface area (Å²) in [7, 11) is 0. The van der Waals surface area contributed by atoms with E-state index in [0.29, 0.717) is 31.6 Å². The summed E-state index contributed by atoms with van der Waals surface area (Å²) in [6, 6.07) is 0. The SMILES string of the molecule is CCCNC(=O)CCNc1ncnc(Cl)c1C=O. The van der Waals surface area contributed by atoms with Crippen molar-refractivity contribution < 1.29 is 9.59 Å². The molecule has 0 aromatic carbocycles. The molecule has 1 heterocycles. The lowest BCUT2D eigenvalue weighted by molar-refractivity contribution is -0.120. The zero-order chi connectivity index (χ0) is 13.4. The number of hydrogen-bond donors (Lipinski definition) is 2. The van der Waals surface area contributed by atoms with Gasteiger partial charge in [0.15, 0.2) is 6.29 Å². The molecule has 6 nitrogen and oxygen atoms in total. The van der Waals surface area contributed by atoms with Crippen LogP contribution in [0.4, 0.5) is 5.82 Å². The summed E-state index contributed by atoms with van der Waals surface area (Å²) in [6.45, 7) is 3.03. The van der Waals surface area contributed by atoms with Crippen LogP contribution in [0.2, 0.25) is 5.15 Å². The molecule has 1 aromatic rings. The number of anilines is 1. The van der Waals surface area contributed by atoms with Gasteiger partial charge in [-0.3, -0.25) is 9.59 Å². The maximum Gasteiger partial charge on any atom is 0.221 e. The molecule has 1 rings (SSSR count). The van der Waals surface area contributed by atoms with Gasteiger partial charge >= 0.3 is 0 Å². The molecule has 0 saturated carbocycles. The van der Waals surface area contributed by atoms with Crippen LogP contribution in [0.1, 0.15) is 30.1 Å². The van der Waals surface area contributed by atoms with Gasteiger partial charge in [0, 0.05) is 19.5 Å². The van der Waals surface area contributed by atoms with E-state index < -0.39 is 0 Å². The van der Waals surface area contributed by atoms with Gasteiger partial charge in [0.05, 0.1) is 5.56 Å². The maximum atomic E-state index is 11.3. The minimum absolute atomic E-state index is 0.0443. The molecule has 2 N–H and O–H groups in total. The normalized spacial score (nSPS) is 9.89. The highest BCUT2D eigenvalue weighted by Gasteiger charge is 2.08. The minimum Gasteiger partial charge on any atom is -0.369 e. The molecule has 1 amide bonds. The number of amides is 1. The molecule has 18 heavy (non-hydrogen) atoms. The molecule has 0 aliphatic heterocycles. The van der Waals surface area contributed by atoms with Gasteiger partial charge in [-0.25, -0.2) is 9.97 Å². The topological polar surface area (TPSA) is 84.0 Å². The molecule has 0 atom stereocenters. The van der Waals surface area contributed by atoms with E-state index >= 15 is 0 Å². The van der Waals surface area contributed by atoms with Crippen LogP contribution in [0.15, 0.2) is 6.33 Å². The van der Waals surface area contributed by atoms with Gasteiger partial charge in [0.2, 0.25) is 5.91 Å². The predicted molar refractivity (Wildman–Crippen MR) is 68.8 cm³/mol. The van der Waals surface area contributed by atoms with Crippen LogP contribution < -0.4 is 10.6 Å². The van der Waals surface area contributed by atoms with E-state index in [4.69, 9.17) is 11.6 Å². The number of nitrogens with zero attached hydrogens (tertiary/aromatic N) is 2. The summed E-state index contributed by atoms with van der Waals surface area (Å²) in [6.07, 6.45) is 3.05. The highest BCUT2D eigenvalue weighted by Crippen LogP contribution is 2.16. The Kier molecular flexibility index (Phi) is 6.07. The molecular formula is C11H15ClN4O2. The molecule has 0 aliphatic carbocycles. The summed E-state index contributed by atoms with van der Waals surface area (Å²) < 4.78 is 0. The van der Waals surface area contributed by atoms with Crippen LogP contribution in [0.5, 0.6) is 0 Å². The Hall–Kier alpha value is -1.69. The Bertz CT molecular complexity index is 426. The van der Waals surface area contributed by atoms with E-state index in [2.05, 4.69) is 20.6 Å². The van der Waals surface area contributed by atoms with Crippen molar-refractivity contribution in [1.82, 2.24) is 15.3 Å². The van der Waals surface area contributed by atoms with E-state index in [-0.39, 0.29) is 16.6 Å². The average Bonchev–Trinajstić information content (AvgIpc) is 2.36. The van der Waals surface area contributed by atoms with E-state index in [1.807, 2.05) is 6.92 Å². The standard InChI is InChI=1S/C11H15ClN4O2/c1-2-4-13-9(18)3-5-14-11-8(6-17)10(12)15-7-16-11/h6-7H,2-5H2,1H3,(H,13,18)(H,14,15,16). The van der Waals surface area contributed by atoms with E-state index in [9.17, 15) is 9.59 Å².